The van der Waals surface area contributed by atoms with Crippen molar-refractivity contribution in [1.82, 2.24) is 9.78 Å². The molecule has 144 valence electrons. The summed E-state index contributed by atoms with van der Waals surface area (Å²) in [5, 5.41) is 12.9. The molecule has 3 aromatic rings. The third-order valence-corrected chi connectivity index (χ3v) is 4.27. The third kappa shape index (κ3) is 3.94. The van der Waals surface area contributed by atoms with E-state index in [0.29, 0.717) is 38.3 Å². The Bertz CT molecular complexity index is 1200. The number of H-pyrrole nitrogens is 1. The fourth-order valence-corrected chi connectivity index (χ4v) is 2.87. The Hall–Kier alpha value is -3.45. The van der Waals surface area contributed by atoms with Crippen molar-refractivity contribution in [3.63, 3.8) is 0 Å². The molecule has 0 aliphatic rings. The SMILES string of the molecule is C=c1[nH]n(-c2ccccc2Cl)c(=O)/c1=C/c1ccc(OCC(=O)O)c(OC)c1. The first-order valence-corrected chi connectivity index (χ1v) is 8.57. The summed E-state index contributed by atoms with van der Waals surface area (Å²) in [4.78, 5) is 23.5. The van der Waals surface area contributed by atoms with Crippen LogP contribution in [0.25, 0.3) is 18.3 Å². The first-order chi connectivity index (χ1) is 13.4. The zero-order valence-electron chi connectivity index (χ0n) is 14.9. The number of halogens is 1. The van der Waals surface area contributed by atoms with Gasteiger partial charge in [0.25, 0.3) is 5.56 Å². The maximum Gasteiger partial charge on any atom is 0.341 e. The van der Waals surface area contributed by atoms with E-state index in [9.17, 15) is 9.59 Å². The summed E-state index contributed by atoms with van der Waals surface area (Å²) in [5.41, 5.74) is 0.879. The van der Waals surface area contributed by atoms with E-state index in [1.165, 1.54) is 11.8 Å². The number of benzene rings is 2. The molecule has 0 radical (unpaired) electrons. The Morgan fingerprint density at radius 2 is 2.04 bits per heavy atom. The molecule has 2 N–H and O–H groups in total. The molecule has 0 spiro atoms. The highest BCUT2D eigenvalue weighted by atomic mass is 35.5. The molecule has 28 heavy (non-hydrogen) atoms. The van der Waals surface area contributed by atoms with Crippen molar-refractivity contribution in [3.8, 4) is 17.2 Å². The first-order valence-electron chi connectivity index (χ1n) is 8.20. The standard InChI is InChI=1S/C20H17ClN2O5/c1-12-14(20(26)23(22-12)16-6-4-3-5-15(16)21)9-13-7-8-17(18(10-13)27-2)28-11-19(24)25/h3-10,22H,1,11H2,2H3,(H,24,25)/b14-9+. The summed E-state index contributed by atoms with van der Waals surface area (Å²) in [6, 6.07) is 11.9. The Morgan fingerprint density at radius 3 is 2.71 bits per heavy atom. The number of hydrogen-bond donors (Lipinski definition) is 2. The minimum Gasteiger partial charge on any atom is -0.493 e. The summed E-state index contributed by atoms with van der Waals surface area (Å²) >= 11 is 6.18. The van der Waals surface area contributed by atoms with Crippen LogP contribution in [-0.2, 0) is 4.79 Å². The zero-order valence-corrected chi connectivity index (χ0v) is 15.7. The zero-order chi connectivity index (χ0) is 20.3. The predicted molar refractivity (Wildman–Crippen MR) is 106 cm³/mol. The average Bonchev–Trinajstić information content (AvgIpc) is 2.95. The normalized spacial score (nSPS) is 11.4. The number of ether oxygens (including phenoxy) is 2. The Labute approximate surface area is 164 Å². The second-order valence-electron chi connectivity index (χ2n) is 5.83. The molecule has 0 unspecified atom stereocenters. The van der Waals surface area contributed by atoms with Gasteiger partial charge in [0.15, 0.2) is 18.1 Å². The van der Waals surface area contributed by atoms with Crippen molar-refractivity contribution in [1.29, 1.82) is 0 Å². The van der Waals surface area contributed by atoms with E-state index in [1.54, 1.807) is 48.5 Å². The Kier molecular flexibility index (Phi) is 5.56. The van der Waals surface area contributed by atoms with E-state index >= 15 is 0 Å². The average molecular weight is 401 g/mol. The third-order valence-electron chi connectivity index (χ3n) is 3.95. The number of aromatic amines is 1. The van der Waals surface area contributed by atoms with Crippen LogP contribution in [0.1, 0.15) is 5.56 Å². The number of rotatable bonds is 6. The number of para-hydroxylation sites is 1. The second kappa shape index (κ2) is 8.06. The van der Waals surface area contributed by atoms with Crippen LogP contribution >= 0.6 is 11.6 Å². The van der Waals surface area contributed by atoms with Crippen molar-refractivity contribution in [2.24, 2.45) is 0 Å². The van der Waals surface area contributed by atoms with Gasteiger partial charge in [0, 0.05) is 0 Å². The van der Waals surface area contributed by atoms with E-state index in [4.69, 9.17) is 26.2 Å². The van der Waals surface area contributed by atoms with Gasteiger partial charge >= 0.3 is 5.97 Å². The lowest BCUT2D eigenvalue weighted by Gasteiger charge is -2.09. The largest absolute Gasteiger partial charge is 0.493 e. The van der Waals surface area contributed by atoms with Gasteiger partial charge in [-0.3, -0.25) is 9.89 Å². The van der Waals surface area contributed by atoms with Gasteiger partial charge < -0.3 is 14.6 Å². The van der Waals surface area contributed by atoms with E-state index in [-0.39, 0.29) is 5.56 Å². The predicted octanol–water partition coefficient (Wildman–Crippen LogP) is 1.53. The van der Waals surface area contributed by atoms with Gasteiger partial charge in [-0.15, -0.1) is 0 Å². The molecule has 0 saturated heterocycles. The Morgan fingerprint density at radius 1 is 1.29 bits per heavy atom. The molecule has 0 bridgehead atoms. The first kappa shape index (κ1) is 19.3. The van der Waals surface area contributed by atoms with Crippen molar-refractivity contribution in [2.75, 3.05) is 13.7 Å². The molecule has 0 aliphatic carbocycles. The minimum atomic E-state index is -1.09. The number of carboxylic acid groups (broad SMARTS) is 1. The molecule has 0 atom stereocenters. The molecule has 3 rings (SSSR count). The molecular weight excluding hydrogens is 384 g/mol. The second-order valence-corrected chi connectivity index (χ2v) is 6.24. The van der Waals surface area contributed by atoms with Crippen LogP contribution in [0, 0.1) is 0 Å². The number of aromatic nitrogens is 2. The van der Waals surface area contributed by atoms with Crippen molar-refractivity contribution >= 4 is 30.2 Å². The van der Waals surface area contributed by atoms with Gasteiger partial charge in [-0.25, -0.2) is 9.48 Å². The number of carboxylic acids is 1. The quantitative estimate of drug-likeness (QED) is 0.654. The summed E-state index contributed by atoms with van der Waals surface area (Å²) in [6.07, 6.45) is 1.65. The topological polar surface area (TPSA) is 93.6 Å². The van der Waals surface area contributed by atoms with Crippen LogP contribution in [0.5, 0.6) is 11.5 Å². The molecule has 7 nitrogen and oxygen atoms in total. The van der Waals surface area contributed by atoms with Crippen molar-refractivity contribution < 1.29 is 19.4 Å². The highest BCUT2D eigenvalue weighted by molar-refractivity contribution is 6.32. The van der Waals surface area contributed by atoms with Gasteiger partial charge in [-0.1, -0.05) is 36.4 Å². The maximum absolute atomic E-state index is 12.8. The molecule has 1 heterocycles. The number of aliphatic carboxylic acids is 1. The maximum atomic E-state index is 12.8. The van der Waals surface area contributed by atoms with Gasteiger partial charge in [0.05, 0.1) is 28.4 Å². The molecule has 0 saturated carbocycles. The smallest absolute Gasteiger partial charge is 0.341 e. The number of hydrogen-bond acceptors (Lipinski definition) is 4. The Balaban J connectivity index is 2.05. The van der Waals surface area contributed by atoms with E-state index in [2.05, 4.69) is 11.7 Å². The molecule has 8 heteroatoms. The lowest BCUT2D eigenvalue weighted by molar-refractivity contribution is -0.139. The van der Waals surface area contributed by atoms with E-state index < -0.39 is 12.6 Å². The highest BCUT2D eigenvalue weighted by Gasteiger charge is 2.10. The minimum absolute atomic E-state index is 0.291. The molecule has 0 amide bonds. The lowest BCUT2D eigenvalue weighted by atomic mass is 10.1. The van der Waals surface area contributed by atoms with Gasteiger partial charge in [-0.05, 0) is 35.9 Å². The van der Waals surface area contributed by atoms with Crippen LogP contribution in [0.15, 0.2) is 47.3 Å². The number of carbonyl (C=O) groups is 1. The highest BCUT2D eigenvalue weighted by Crippen LogP contribution is 2.28. The van der Waals surface area contributed by atoms with Crippen LogP contribution in [0.4, 0.5) is 0 Å². The lowest BCUT2D eigenvalue weighted by Crippen LogP contribution is -2.34. The summed E-state index contributed by atoms with van der Waals surface area (Å²) in [5.74, 6) is -0.450. The van der Waals surface area contributed by atoms with Gasteiger partial charge in [0.1, 0.15) is 0 Å². The number of nitrogens with zero attached hydrogens (tertiary/aromatic N) is 1. The van der Waals surface area contributed by atoms with Gasteiger partial charge in [0.2, 0.25) is 0 Å². The summed E-state index contributed by atoms with van der Waals surface area (Å²) in [6.45, 7) is 3.41. The fraction of sp³-hybridized carbons (Fsp3) is 0.100. The molecule has 2 aromatic carbocycles. The van der Waals surface area contributed by atoms with Crippen LogP contribution in [-0.4, -0.2) is 34.6 Å². The summed E-state index contributed by atoms with van der Waals surface area (Å²) < 4.78 is 11.8. The van der Waals surface area contributed by atoms with Crippen LogP contribution in [0.3, 0.4) is 0 Å². The number of nitrogens with one attached hydrogen (secondary N) is 1. The number of methoxy groups -OCH3 is 1. The fourth-order valence-electron chi connectivity index (χ4n) is 2.65. The monoisotopic (exact) mass is 400 g/mol. The summed E-state index contributed by atoms with van der Waals surface area (Å²) in [7, 11) is 1.44. The van der Waals surface area contributed by atoms with Crippen LogP contribution < -0.4 is 25.6 Å². The van der Waals surface area contributed by atoms with Crippen molar-refractivity contribution in [2.45, 2.75) is 0 Å². The molecule has 1 aromatic heterocycles. The molecule has 0 fully saturated rings. The van der Waals surface area contributed by atoms with Gasteiger partial charge in [-0.2, -0.15) is 0 Å². The van der Waals surface area contributed by atoms with Crippen LogP contribution in [0.2, 0.25) is 5.02 Å². The van der Waals surface area contributed by atoms with Crippen molar-refractivity contribution in [3.05, 3.63) is 74.0 Å². The molecular formula is C20H17ClN2O5. The van der Waals surface area contributed by atoms with E-state index in [1.807, 2.05) is 0 Å². The molecule has 0 aliphatic heterocycles. The van der Waals surface area contributed by atoms with E-state index in [0.717, 1.165) is 0 Å².